The summed E-state index contributed by atoms with van der Waals surface area (Å²) >= 11 is 0. The molecule has 4 rings (SSSR count). The van der Waals surface area contributed by atoms with Gasteiger partial charge >= 0.3 is 5.97 Å². The van der Waals surface area contributed by atoms with Crippen LogP contribution >= 0.6 is 0 Å². The van der Waals surface area contributed by atoms with E-state index in [9.17, 15) is 9.59 Å². The Kier molecular flexibility index (Phi) is 7.71. The Balaban J connectivity index is 1.67. The van der Waals surface area contributed by atoms with Crippen LogP contribution in [0.3, 0.4) is 0 Å². The van der Waals surface area contributed by atoms with Crippen LogP contribution in [0, 0.1) is 5.92 Å². The molecular formula is C24H30N6O6. The second-order valence-electron chi connectivity index (χ2n) is 8.10. The number of methoxy groups -OCH3 is 3. The van der Waals surface area contributed by atoms with Crippen molar-refractivity contribution in [2.75, 3.05) is 59.0 Å². The molecule has 12 nitrogen and oxygen atoms in total. The number of anilines is 1. The normalized spacial score (nSPS) is 19.8. The summed E-state index contributed by atoms with van der Waals surface area (Å²) in [5, 5.41) is 2.81. The number of aromatic nitrogens is 2. The molecule has 1 saturated heterocycles. The number of carbonyl (C=O) groups excluding carboxylic acids is 2. The van der Waals surface area contributed by atoms with Gasteiger partial charge in [-0.15, -0.1) is 0 Å². The SMILES string of the molecule is CCOC(=O)[C@@H]1C(=O)NC(N2CCN(c3ncccn3)CC2)=N[C@H]1c1cc(OC)c(OC)c(OC)c1. The van der Waals surface area contributed by atoms with Gasteiger partial charge < -0.3 is 28.7 Å². The minimum Gasteiger partial charge on any atom is -0.493 e. The molecular weight excluding hydrogens is 468 g/mol. The van der Waals surface area contributed by atoms with E-state index in [1.54, 1.807) is 37.5 Å². The number of benzene rings is 1. The summed E-state index contributed by atoms with van der Waals surface area (Å²) in [7, 11) is 4.51. The van der Waals surface area contributed by atoms with E-state index in [-0.39, 0.29) is 6.61 Å². The summed E-state index contributed by atoms with van der Waals surface area (Å²) in [6, 6.07) is 4.32. The lowest BCUT2D eigenvalue weighted by Crippen LogP contribution is -2.57. The van der Waals surface area contributed by atoms with E-state index in [0.717, 1.165) is 0 Å². The number of nitrogens with one attached hydrogen (secondary N) is 1. The zero-order valence-electron chi connectivity index (χ0n) is 20.8. The van der Waals surface area contributed by atoms with Crippen LogP contribution in [0.1, 0.15) is 18.5 Å². The van der Waals surface area contributed by atoms with Crippen LogP contribution in [0.15, 0.2) is 35.6 Å². The third-order valence-electron chi connectivity index (χ3n) is 6.08. The first-order valence-electron chi connectivity index (χ1n) is 11.6. The molecule has 1 aromatic heterocycles. The Morgan fingerprint density at radius 3 is 2.17 bits per heavy atom. The predicted octanol–water partition coefficient (Wildman–Crippen LogP) is 1.03. The Hall–Kier alpha value is -4.09. The number of rotatable bonds is 7. The van der Waals surface area contributed by atoms with Gasteiger partial charge in [0, 0.05) is 38.6 Å². The fraction of sp³-hybridized carbons (Fsp3) is 0.458. The van der Waals surface area contributed by atoms with Gasteiger partial charge in [-0.05, 0) is 30.7 Å². The van der Waals surface area contributed by atoms with Crippen LogP contribution in [0.4, 0.5) is 5.95 Å². The highest BCUT2D eigenvalue weighted by atomic mass is 16.5. The van der Waals surface area contributed by atoms with Crippen molar-refractivity contribution in [3.8, 4) is 17.2 Å². The number of hydrogen-bond donors (Lipinski definition) is 1. The highest BCUT2D eigenvalue weighted by Crippen LogP contribution is 2.42. The summed E-state index contributed by atoms with van der Waals surface area (Å²) < 4.78 is 21.6. The molecule has 0 saturated carbocycles. The molecule has 2 aliphatic heterocycles. The molecule has 1 aromatic carbocycles. The fourth-order valence-electron chi connectivity index (χ4n) is 4.31. The smallest absolute Gasteiger partial charge is 0.321 e. The van der Waals surface area contributed by atoms with Crippen LogP contribution in [0.2, 0.25) is 0 Å². The average molecular weight is 499 g/mol. The summed E-state index contributed by atoms with van der Waals surface area (Å²) in [4.78, 5) is 43.5. The standard InChI is InChI=1S/C24H30N6O6/c1-5-36-22(32)18-19(15-13-16(33-2)20(35-4)17(14-15)34-3)27-24(28-21(18)31)30-11-9-29(10-12-30)23-25-7-6-8-26-23/h6-8,13-14,18-19H,5,9-12H2,1-4H3,(H,27,28,31)/t18-,19-/m0/s1. The summed E-state index contributed by atoms with van der Waals surface area (Å²) in [5.74, 6) is -0.0519. The van der Waals surface area contributed by atoms with Gasteiger partial charge in [0.15, 0.2) is 17.4 Å². The Labute approximate surface area is 209 Å². The summed E-state index contributed by atoms with van der Waals surface area (Å²) in [5.41, 5.74) is 0.561. The first-order valence-corrected chi connectivity index (χ1v) is 11.6. The van der Waals surface area contributed by atoms with Gasteiger partial charge in [-0.25, -0.2) is 15.0 Å². The third-order valence-corrected chi connectivity index (χ3v) is 6.08. The van der Waals surface area contributed by atoms with Crippen molar-refractivity contribution in [3.63, 3.8) is 0 Å². The van der Waals surface area contributed by atoms with Crippen molar-refractivity contribution >= 4 is 23.8 Å². The van der Waals surface area contributed by atoms with Crippen molar-refractivity contribution in [1.82, 2.24) is 20.2 Å². The van der Waals surface area contributed by atoms with E-state index in [2.05, 4.69) is 20.2 Å². The molecule has 0 bridgehead atoms. The fourth-order valence-corrected chi connectivity index (χ4v) is 4.31. The van der Waals surface area contributed by atoms with Gasteiger partial charge in [-0.3, -0.25) is 14.9 Å². The predicted molar refractivity (Wildman–Crippen MR) is 130 cm³/mol. The maximum Gasteiger partial charge on any atom is 0.321 e. The minimum absolute atomic E-state index is 0.144. The highest BCUT2D eigenvalue weighted by molar-refractivity contribution is 6.08. The van der Waals surface area contributed by atoms with Crippen molar-refractivity contribution in [2.24, 2.45) is 10.9 Å². The van der Waals surface area contributed by atoms with E-state index in [1.165, 1.54) is 21.3 Å². The van der Waals surface area contributed by atoms with Gasteiger partial charge in [0.1, 0.15) is 6.04 Å². The average Bonchev–Trinajstić information content (AvgIpc) is 2.92. The lowest BCUT2D eigenvalue weighted by Gasteiger charge is -2.38. The van der Waals surface area contributed by atoms with Crippen LogP contribution in [-0.4, -0.2) is 86.8 Å². The molecule has 0 radical (unpaired) electrons. The third kappa shape index (κ3) is 4.97. The van der Waals surface area contributed by atoms with Gasteiger partial charge in [-0.2, -0.15) is 0 Å². The molecule has 12 heteroatoms. The maximum absolute atomic E-state index is 13.2. The Morgan fingerprint density at radius 1 is 1.00 bits per heavy atom. The Bertz CT molecular complexity index is 1090. The molecule has 2 aromatic rings. The van der Waals surface area contributed by atoms with E-state index >= 15 is 0 Å². The lowest BCUT2D eigenvalue weighted by atomic mass is 9.90. The summed E-state index contributed by atoms with van der Waals surface area (Å²) in [6.07, 6.45) is 3.41. The number of piperazine rings is 1. The maximum atomic E-state index is 13.2. The monoisotopic (exact) mass is 498 g/mol. The molecule has 2 aliphatic rings. The number of esters is 1. The summed E-state index contributed by atoms with van der Waals surface area (Å²) in [6.45, 7) is 4.30. The molecule has 192 valence electrons. The number of carbonyl (C=O) groups is 2. The lowest BCUT2D eigenvalue weighted by molar-refractivity contribution is -0.153. The zero-order valence-corrected chi connectivity index (χ0v) is 20.8. The van der Waals surface area contributed by atoms with Crippen LogP contribution in [-0.2, 0) is 14.3 Å². The number of guanidine groups is 1. The van der Waals surface area contributed by atoms with E-state index in [4.69, 9.17) is 23.9 Å². The van der Waals surface area contributed by atoms with Gasteiger partial charge in [0.05, 0.1) is 27.9 Å². The number of aliphatic imine (C=N–C) groups is 1. The highest BCUT2D eigenvalue weighted by Gasteiger charge is 2.43. The number of hydrogen-bond acceptors (Lipinski definition) is 11. The zero-order chi connectivity index (χ0) is 25.7. The molecule has 1 amide bonds. The molecule has 3 heterocycles. The molecule has 36 heavy (non-hydrogen) atoms. The second-order valence-corrected chi connectivity index (χ2v) is 8.10. The first-order chi connectivity index (χ1) is 17.5. The van der Waals surface area contributed by atoms with Gasteiger partial charge in [0.2, 0.25) is 23.6 Å². The van der Waals surface area contributed by atoms with Crippen LogP contribution in [0.5, 0.6) is 17.2 Å². The van der Waals surface area contributed by atoms with Crippen molar-refractivity contribution in [3.05, 3.63) is 36.2 Å². The molecule has 2 atom stereocenters. The minimum atomic E-state index is -1.17. The quantitative estimate of drug-likeness (QED) is 0.437. The molecule has 0 unspecified atom stereocenters. The number of nitrogens with zero attached hydrogens (tertiary/aromatic N) is 5. The first kappa shape index (κ1) is 25.0. The van der Waals surface area contributed by atoms with Crippen molar-refractivity contribution in [2.45, 2.75) is 13.0 Å². The topological polar surface area (TPSA) is 128 Å². The molecule has 0 aliphatic carbocycles. The van der Waals surface area contributed by atoms with Crippen LogP contribution < -0.4 is 24.4 Å². The molecule has 0 spiro atoms. The molecule has 1 fully saturated rings. The molecule has 1 N–H and O–H groups in total. The van der Waals surface area contributed by atoms with E-state index < -0.39 is 23.8 Å². The van der Waals surface area contributed by atoms with Crippen LogP contribution in [0.25, 0.3) is 0 Å². The number of amides is 1. The van der Waals surface area contributed by atoms with E-state index in [1.807, 2.05) is 4.90 Å². The van der Waals surface area contributed by atoms with Crippen molar-refractivity contribution < 1.29 is 28.5 Å². The van der Waals surface area contributed by atoms with Gasteiger partial charge in [0.25, 0.3) is 0 Å². The van der Waals surface area contributed by atoms with E-state index in [0.29, 0.717) is 60.9 Å². The van der Waals surface area contributed by atoms with Crippen molar-refractivity contribution in [1.29, 1.82) is 0 Å². The largest absolute Gasteiger partial charge is 0.493 e. The van der Waals surface area contributed by atoms with Gasteiger partial charge in [-0.1, -0.05) is 0 Å². The second kappa shape index (κ2) is 11.1. The Morgan fingerprint density at radius 2 is 1.61 bits per heavy atom. The number of ether oxygens (including phenoxy) is 4.